The molecule has 1 aromatic heterocycles. The molecule has 1 aromatic carbocycles. The summed E-state index contributed by atoms with van der Waals surface area (Å²) in [4.78, 5) is 36.2. The van der Waals surface area contributed by atoms with E-state index in [0.29, 0.717) is 27.2 Å². The highest BCUT2D eigenvalue weighted by Crippen LogP contribution is 2.30. The molecule has 0 saturated carbocycles. The van der Waals surface area contributed by atoms with E-state index >= 15 is 0 Å². The summed E-state index contributed by atoms with van der Waals surface area (Å²) in [7, 11) is 0. The number of amides is 2. The van der Waals surface area contributed by atoms with Gasteiger partial charge in [0.2, 0.25) is 5.91 Å². The molecule has 2 amide bonds. The smallest absolute Gasteiger partial charge is 0.414 e. The maximum Gasteiger partial charge on any atom is 0.414 e. The lowest BCUT2D eigenvalue weighted by molar-refractivity contribution is -0.138. The molecule has 170 valence electrons. The fourth-order valence-electron chi connectivity index (χ4n) is 2.86. The molecule has 1 saturated heterocycles. The summed E-state index contributed by atoms with van der Waals surface area (Å²) in [5.41, 5.74) is 0.560. The van der Waals surface area contributed by atoms with Crippen molar-refractivity contribution in [2.75, 3.05) is 18.0 Å². The average molecular weight is 482 g/mol. The van der Waals surface area contributed by atoms with Crippen LogP contribution in [0.1, 0.15) is 24.8 Å². The van der Waals surface area contributed by atoms with Crippen LogP contribution in [0.4, 0.5) is 14.9 Å². The van der Waals surface area contributed by atoms with Gasteiger partial charge in [0.25, 0.3) is 0 Å². The van der Waals surface area contributed by atoms with Crippen LogP contribution in [0, 0.1) is 5.82 Å². The second-order valence-electron chi connectivity index (χ2n) is 6.89. The van der Waals surface area contributed by atoms with E-state index in [1.54, 1.807) is 13.0 Å². The molecule has 0 bridgehead atoms. The third-order valence-electron chi connectivity index (χ3n) is 4.42. The van der Waals surface area contributed by atoms with E-state index in [9.17, 15) is 18.8 Å². The lowest BCUT2D eigenvalue weighted by Crippen LogP contribution is -2.32. The lowest BCUT2D eigenvalue weighted by atomic mass is 10.2. The van der Waals surface area contributed by atoms with Gasteiger partial charge in [-0.15, -0.1) is 10.2 Å². The first-order chi connectivity index (χ1) is 15.2. The number of aliphatic carboxylic acids is 1. The molecule has 0 aliphatic carbocycles. The van der Waals surface area contributed by atoms with E-state index in [2.05, 4.69) is 20.8 Å². The Kier molecular flexibility index (Phi) is 7.64. The number of benzene rings is 1. The SMILES string of the molecule is CC(=S)NC[C@@H]1CN(c2ccc(-c3nnc(CNC(=O)CCC(=O)O)s3)c(F)c2)C(=O)O1. The molecule has 0 spiro atoms. The molecular weight excluding hydrogens is 461 g/mol. The van der Waals surface area contributed by atoms with Crippen molar-refractivity contribution in [2.45, 2.75) is 32.4 Å². The molecule has 1 aliphatic heterocycles. The first kappa shape index (κ1) is 23.5. The number of rotatable bonds is 9. The third kappa shape index (κ3) is 6.17. The van der Waals surface area contributed by atoms with Crippen LogP contribution in [0.5, 0.6) is 0 Å². The summed E-state index contributed by atoms with van der Waals surface area (Å²) < 4.78 is 20.0. The maximum absolute atomic E-state index is 14.8. The summed E-state index contributed by atoms with van der Waals surface area (Å²) in [6, 6.07) is 4.32. The Morgan fingerprint density at radius 1 is 1.34 bits per heavy atom. The number of carbonyl (C=O) groups is 3. The van der Waals surface area contributed by atoms with E-state index in [0.717, 1.165) is 11.3 Å². The first-order valence-electron chi connectivity index (χ1n) is 9.56. The Hall–Kier alpha value is -3.19. The van der Waals surface area contributed by atoms with Crippen LogP contribution in [0.15, 0.2) is 18.2 Å². The predicted octanol–water partition coefficient (Wildman–Crippen LogP) is 2.09. The largest absolute Gasteiger partial charge is 0.481 e. The Labute approximate surface area is 191 Å². The molecule has 1 aliphatic rings. The van der Waals surface area contributed by atoms with Gasteiger partial charge in [0.05, 0.1) is 36.7 Å². The highest BCUT2D eigenvalue weighted by Gasteiger charge is 2.32. The van der Waals surface area contributed by atoms with Gasteiger partial charge in [-0.2, -0.15) is 0 Å². The number of carbonyl (C=O) groups excluding carboxylic acids is 2. The van der Waals surface area contributed by atoms with Gasteiger partial charge < -0.3 is 20.5 Å². The van der Waals surface area contributed by atoms with Crippen molar-refractivity contribution in [1.82, 2.24) is 20.8 Å². The van der Waals surface area contributed by atoms with Crippen molar-refractivity contribution in [3.05, 3.63) is 29.0 Å². The van der Waals surface area contributed by atoms with Gasteiger partial charge in [-0.05, 0) is 25.1 Å². The van der Waals surface area contributed by atoms with Gasteiger partial charge in [-0.25, -0.2) is 9.18 Å². The minimum Gasteiger partial charge on any atom is -0.481 e. The van der Waals surface area contributed by atoms with E-state index in [1.165, 1.54) is 17.0 Å². The van der Waals surface area contributed by atoms with Crippen molar-refractivity contribution in [3.8, 4) is 10.6 Å². The van der Waals surface area contributed by atoms with Crippen molar-refractivity contribution in [1.29, 1.82) is 0 Å². The lowest BCUT2D eigenvalue weighted by Gasteiger charge is -2.14. The summed E-state index contributed by atoms with van der Waals surface area (Å²) in [5, 5.41) is 22.7. The van der Waals surface area contributed by atoms with Crippen LogP contribution in [0.2, 0.25) is 0 Å². The van der Waals surface area contributed by atoms with Gasteiger partial charge >= 0.3 is 12.1 Å². The van der Waals surface area contributed by atoms with Crippen LogP contribution >= 0.6 is 23.6 Å². The van der Waals surface area contributed by atoms with Gasteiger partial charge in [0.15, 0.2) is 5.01 Å². The second-order valence-corrected chi connectivity index (χ2v) is 8.56. The Balaban J connectivity index is 1.62. The summed E-state index contributed by atoms with van der Waals surface area (Å²) in [6.45, 7) is 2.42. The van der Waals surface area contributed by atoms with Gasteiger partial charge in [-0.3, -0.25) is 14.5 Å². The number of hydrogen-bond acceptors (Lipinski definition) is 8. The number of nitrogens with one attached hydrogen (secondary N) is 2. The molecule has 0 radical (unpaired) electrons. The highest BCUT2D eigenvalue weighted by molar-refractivity contribution is 7.80. The fraction of sp³-hybridized carbons (Fsp3) is 0.368. The number of halogens is 1. The third-order valence-corrected chi connectivity index (χ3v) is 5.52. The number of cyclic esters (lactones) is 1. The number of anilines is 1. The quantitative estimate of drug-likeness (QED) is 0.460. The molecule has 2 heterocycles. The highest BCUT2D eigenvalue weighted by atomic mass is 32.1. The molecule has 1 atom stereocenters. The van der Waals surface area contributed by atoms with Crippen LogP contribution < -0.4 is 15.5 Å². The monoisotopic (exact) mass is 481 g/mol. The zero-order chi connectivity index (χ0) is 23.3. The van der Waals surface area contributed by atoms with E-state index in [4.69, 9.17) is 22.1 Å². The number of carboxylic acids is 1. The number of hydrogen-bond donors (Lipinski definition) is 3. The summed E-state index contributed by atoms with van der Waals surface area (Å²) in [6.07, 6.45) is -1.38. The van der Waals surface area contributed by atoms with Crippen LogP contribution in [-0.2, 0) is 20.9 Å². The normalized spacial score (nSPS) is 15.4. The summed E-state index contributed by atoms with van der Waals surface area (Å²) in [5.74, 6) is -2.07. The molecule has 0 unspecified atom stereocenters. The topological polar surface area (TPSA) is 134 Å². The average Bonchev–Trinajstić information content (AvgIpc) is 3.35. The fourth-order valence-corrected chi connectivity index (χ4v) is 3.75. The first-order valence-corrected chi connectivity index (χ1v) is 10.8. The van der Waals surface area contributed by atoms with E-state index in [1.807, 2.05) is 0 Å². The molecule has 3 N–H and O–H groups in total. The second kappa shape index (κ2) is 10.4. The molecule has 3 rings (SSSR count). The molecule has 1 fully saturated rings. The Bertz CT molecular complexity index is 1050. The van der Waals surface area contributed by atoms with Crippen LogP contribution in [0.25, 0.3) is 10.6 Å². The van der Waals surface area contributed by atoms with Crippen molar-refractivity contribution in [2.24, 2.45) is 0 Å². The van der Waals surface area contributed by atoms with Crippen molar-refractivity contribution < 1.29 is 28.6 Å². The van der Waals surface area contributed by atoms with Crippen molar-refractivity contribution in [3.63, 3.8) is 0 Å². The Morgan fingerprint density at radius 3 is 2.81 bits per heavy atom. The van der Waals surface area contributed by atoms with Crippen LogP contribution in [-0.4, -0.2) is 57.5 Å². The number of carboxylic acid groups (broad SMARTS) is 1. The van der Waals surface area contributed by atoms with E-state index < -0.39 is 29.9 Å². The zero-order valence-electron chi connectivity index (χ0n) is 17.0. The molecule has 10 nitrogen and oxygen atoms in total. The number of aromatic nitrogens is 2. The van der Waals surface area contributed by atoms with Gasteiger partial charge in [-0.1, -0.05) is 23.6 Å². The van der Waals surface area contributed by atoms with Crippen molar-refractivity contribution >= 4 is 52.2 Å². The standard InChI is InChI=1S/C19H20FN5O5S2/c1-10(31)21-7-12-9-25(19(29)30-12)11-2-3-13(14(20)6-11)18-24-23-16(32-18)8-22-15(26)4-5-17(27)28/h2-3,6,12H,4-5,7-9H2,1H3,(H,21,31)(H,22,26)(H,27,28)/t12-/m1/s1. The molecule has 2 aromatic rings. The zero-order valence-corrected chi connectivity index (χ0v) is 18.6. The molecule has 13 heteroatoms. The Morgan fingerprint density at radius 2 is 2.12 bits per heavy atom. The molecular formula is C19H20FN5O5S2. The molecule has 32 heavy (non-hydrogen) atoms. The minimum atomic E-state index is -1.06. The minimum absolute atomic E-state index is 0.0616. The van der Waals surface area contributed by atoms with Gasteiger partial charge in [0.1, 0.15) is 16.9 Å². The number of nitrogens with zero attached hydrogens (tertiary/aromatic N) is 3. The number of ether oxygens (including phenoxy) is 1. The van der Waals surface area contributed by atoms with E-state index in [-0.39, 0.29) is 31.5 Å². The summed E-state index contributed by atoms with van der Waals surface area (Å²) >= 11 is 6.04. The predicted molar refractivity (Wildman–Crippen MR) is 118 cm³/mol. The van der Waals surface area contributed by atoms with Crippen LogP contribution in [0.3, 0.4) is 0 Å². The number of thiocarbonyl (C=S) groups is 1. The van der Waals surface area contributed by atoms with Gasteiger partial charge in [0, 0.05) is 12.0 Å². The maximum atomic E-state index is 14.8.